The van der Waals surface area contributed by atoms with E-state index in [0.717, 1.165) is 66.5 Å². The van der Waals surface area contributed by atoms with E-state index < -0.39 is 0 Å². The van der Waals surface area contributed by atoms with Gasteiger partial charge in [0, 0.05) is 32.1 Å². The first-order valence-corrected chi connectivity index (χ1v) is 10.5. The molecule has 2 atom stereocenters. The summed E-state index contributed by atoms with van der Waals surface area (Å²) in [7, 11) is 2.12. The number of ether oxygens (including phenoxy) is 1. The number of hydrogen-bond donors (Lipinski definition) is 0. The number of rotatable bonds is 6. The first-order chi connectivity index (χ1) is 14.8. The van der Waals surface area contributed by atoms with Gasteiger partial charge in [-0.05, 0) is 36.1 Å². The lowest BCUT2D eigenvalue weighted by Crippen LogP contribution is -2.26. The molecule has 1 saturated carbocycles. The Kier molecular flexibility index (Phi) is 4.13. The maximum absolute atomic E-state index is 6.21. The van der Waals surface area contributed by atoms with Gasteiger partial charge in [0.1, 0.15) is 11.6 Å². The monoisotopic (exact) mass is 400 g/mol. The maximum atomic E-state index is 6.21. The molecule has 2 unspecified atom stereocenters. The van der Waals surface area contributed by atoms with Gasteiger partial charge < -0.3 is 13.8 Å². The van der Waals surface area contributed by atoms with Crippen LogP contribution in [0.4, 0.5) is 0 Å². The van der Waals surface area contributed by atoms with Crippen molar-refractivity contribution < 1.29 is 9.26 Å². The Morgan fingerprint density at radius 2 is 1.83 bits per heavy atom. The van der Waals surface area contributed by atoms with E-state index in [1.807, 2.05) is 30.3 Å². The second kappa shape index (κ2) is 6.99. The summed E-state index contributed by atoms with van der Waals surface area (Å²) in [6, 6.07) is 18.2. The Hall–Kier alpha value is -3.12. The molecule has 2 aromatic heterocycles. The van der Waals surface area contributed by atoms with Crippen molar-refractivity contribution in [2.75, 3.05) is 19.7 Å². The lowest BCUT2D eigenvalue weighted by Gasteiger charge is -2.19. The minimum atomic E-state index is 0.643. The number of hydrogen-bond acceptors (Lipinski definition) is 5. The van der Waals surface area contributed by atoms with Crippen LogP contribution in [-0.2, 0) is 13.6 Å². The molecule has 6 rings (SSSR count). The average molecular weight is 400 g/mol. The molecule has 0 amide bonds. The van der Waals surface area contributed by atoms with E-state index in [2.05, 4.69) is 45.9 Å². The number of fused-ring (bicyclic) bond motifs is 2. The fourth-order valence-corrected chi connectivity index (χ4v) is 4.99. The third kappa shape index (κ3) is 2.99. The van der Waals surface area contributed by atoms with E-state index in [4.69, 9.17) is 14.2 Å². The van der Waals surface area contributed by atoms with Gasteiger partial charge in [0.2, 0.25) is 0 Å². The van der Waals surface area contributed by atoms with Gasteiger partial charge in [0.25, 0.3) is 0 Å². The van der Waals surface area contributed by atoms with Gasteiger partial charge in [-0.2, -0.15) is 0 Å². The summed E-state index contributed by atoms with van der Waals surface area (Å²) < 4.78 is 13.7. The molecule has 152 valence electrons. The molecule has 0 spiro atoms. The molecule has 2 aliphatic rings. The highest BCUT2D eigenvalue weighted by atomic mass is 16.5. The molecule has 1 aliphatic heterocycles. The molecular formula is C24H24N4O2. The van der Waals surface area contributed by atoms with Crippen molar-refractivity contribution in [1.82, 2.24) is 19.6 Å². The maximum Gasteiger partial charge on any atom is 0.170 e. The van der Waals surface area contributed by atoms with E-state index >= 15 is 0 Å². The van der Waals surface area contributed by atoms with Crippen molar-refractivity contribution in [1.29, 1.82) is 0 Å². The van der Waals surface area contributed by atoms with Gasteiger partial charge in [0.05, 0.1) is 35.9 Å². The summed E-state index contributed by atoms with van der Waals surface area (Å²) in [5, 5.41) is 3.81. The SMILES string of the molecule is Cn1c(CN2CC3C(COc4ccccc4-c4ccno4)C3C2)nc2ccccc21. The third-order valence-electron chi connectivity index (χ3n) is 6.71. The van der Waals surface area contributed by atoms with E-state index in [1.54, 1.807) is 6.20 Å². The number of aromatic nitrogens is 3. The molecule has 0 N–H and O–H groups in total. The van der Waals surface area contributed by atoms with Crippen molar-refractivity contribution in [3.63, 3.8) is 0 Å². The molecule has 4 aromatic rings. The van der Waals surface area contributed by atoms with Crippen LogP contribution < -0.4 is 4.74 Å². The highest BCUT2D eigenvalue weighted by Gasteiger charge is 2.55. The van der Waals surface area contributed by atoms with Crippen LogP contribution in [0.2, 0.25) is 0 Å². The lowest BCUT2D eigenvalue weighted by molar-refractivity contribution is 0.226. The molecule has 0 bridgehead atoms. The summed E-state index contributed by atoms with van der Waals surface area (Å²) >= 11 is 0. The van der Waals surface area contributed by atoms with E-state index in [9.17, 15) is 0 Å². The molecule has 1 saturated heterocycles. The van der Waals surface area contributed by atoms with Gasteiger partial charge in [-0.1, -0.05) is 29.4 Å². The smallest absolute Gasteiger partial charge is 0.170 e. The number of likely N-dealkylation sites (tertiary alicyclic amines) is 1. The highest BCUT2D eigenvalue weighted by molar-refractivity contribution is 5.75. The zero-order chi connectivity index (χ0) is 20.1. The first-order valence-electron chi connectivity index (χ1n) is 10.5. The lowest BCUT2D eigenvalue weighted by atomic mass is 10.1. The standard InChI is InChI=1S/C24H24N4O2/c1-27-21-8-4-3-7-20(21)26-24(27)14-28-12-17-18(13-28)19(17)15-29-22-9-5-2-6-16(22)23-10-11-25-30-23/h2-11,17-19H,12-15H2,1H3. The fourth-order valence-electron chi connectivity index (χ4n) is 4.99. The summed E-state index contributed by atoms with van der Waals surface area (Å²) in [5.41, 5.74) is 3.24. The van der Waals surface area contributed by atoms with Crippen LogP contribution in [0.1, 0.15) is 5.82 Å². The zero-order valence-electron chi connectivity index (χ0n) is 16.9. The minimum absolute atomic E-state index is 0.643. The van der Waals surface area contributed by atoms with E-state index in [-0.39, 0.29) is 0 Å². The van der Waals surface area contributed by atoms with Gasteiger partial charge in [-0.25, -0.2) is 4.98 Å². The Labute approximate surface area is 175 Å². The number of nitrogens with zero attached hydrogens (tertiary/aromatic N) is 4. The summed E-state index contributed by atoms with van der Waals surface area (Å²) in [6.07, 6.45) is 1.66. The number of piperidine rings is 1. The zero-order valence-corrected chi connectivity index (χ0v) is 16.9. The molecule has 6 nitrogen and oxygen atoms in total. The number of benzene rings is 2. The third-order valence-corrected chi connectivity index (χ3v) is 6.71. The van der Waals surface area contributed by atoms with E-state index in [0.29, 0.717) is 5.92 Å². The van der Waals surface area contributed by atoms with E-state index in [1.165, 1.54) is 5.52 Å². The second-order valence-corrected chi connectivity index (χ2v) is 8.45. The first kappa shape index (κ1) is 17.7. The Bertz CT molecular complexity index is 1170. The van der Waals surface area contributed by atoms with Crippen LogP contribution in [0.25, 0.3) is 22.4 Å². The summed E-state index contributed by atoms with van der Waals surface area (Å²) in [6.45, 7) is 3.94. The molecule has 30 heavy (non-hydrogen) atoms. The largest absolute Gasteiger partial charge is 0.493 e. The number of imidazole rings is 1. The van der Waals surface area contributed by atoms with Crippen molar-refractivity contribution in [3.8, 4) is 17.1 Å². The topological polar surface area (TPSA) is 56.3 Å². The van der Waals surface area contributed by atoms with Crippen LogP contribution >= 0.6 is 0 Å². The second-order valence-electron chi connectivity index (χ2n) is 8.45. The van der Waals surface area contributed by atoms with Crippen molar-refractivity contribution in [2.45, 2.75) is 6.54 Å². The van der Waals surface area contributed by atoms with Crippen molar-refractivity contribution in [3.05, 3.63) is 66.6 Å². The molecule has 3 heterocycles. The average Bonchev–Trinajstić information content (AvgIpc) is 3.23. The quantitative estimate of drug-likeness (QED) is 0.490. The predicted molar refractivity (Wildman–Crippen MR) is 114 cm³/mol. The Balaban J connectivity index is 1.07. The van der Waals surface area contributed by atoms with Crippen molar-refractivity contribution >= 4 is 11.0 Å². The van der Waals surface area contributed by atoms with Gasteiger partial charge in [0.15, 0.2) is 5.76 Å². The minimum Gasteiger partial charge on any atom is -0.493 e. The van der Waals surface area contributed by atoms with Gasteiger partial charge >= 0.3 is 0 Å². The molecule has 2 aromatic carbocycles. The molecule has 1 aliphatic carbocycles. The fraction of sp³-hybridized carbons (Fsp3) is 0.333. The highest BCUT2D eigenvalue weighted by Crippen LogP contribution is 2.52. The molecule has 0 radical (unpaired) electrons. The summed E-state index contributed by atoms with van der Waals surface area (Å²) in [5.74, 6) is 4.87. The molecule has 2 fully saturated rings. The van der Waals surface area contributed by atoms with Gasteiger partial charge in [-0.15, -0.1) is 0 Å². The van der Waals surface area contributed by atoms with Crippen LogP contribution in [-0.4, -0.2) is 39.3 Å². The van der Waals surface area contributed by atoms with Crippen LogP contribution in [0.15, 0.2) is 65.3 Å². The molecular weight excluding hydrogens is 376 g/mol. The van der Waals surface area contributed by atoms with Crippen LogP contribution in [0.3, 0.4) is 0 Å². The molecule has 6 heteroatoms. The Morgan fingerprint density at radius 1 is 1.03 bits per heavy atom. The van der Waals surface area contributed by atoms with Crippen molar-refractivity contribution in [2.24, 2.45) is 24.8 Å². The van der Waals surface area contributed by atoms with Crippen LogP contribution in [0, 0.1) is 17.8 Å². The van der Waals surface area contributed by atoms with Gasteiger partial charge in [-0.3, -0.25) is 4.90 Å². The Morgan fingerprint density at radius 3 is 2.63 bits per heavy atom. The summed E-state index contributed by atoms with van der Waals surface area (Å²) in [4.78, 5) is 7.36. The number of aryl methyl sites for hydroxylation is 1. The predicted octanol–water partition coefficient (Wildman–Crippen LogP) is 3.99. The normalized spacial score (nSPS) is 23.0. The number of para-hydroxylation sites is 3. The van der Waals surface area contributed by atoms with Crippen LogP contribution in [0.5, 0.6) is 5.75 Å².